The molecule has 2 aromatic carbocycles. The van der Waals surface area contributed by atoms with Crippen molar-refractivity contribution in [2.75, 3.05) is 0 Å². The molecule has 0 bridgehead atoms. The van der Waals surface area contributed by atoms with Crippen LogP contribution < -0.4 is 10.9 Å². The quantitative estimate of drug-likeness (QED) is 0.557. The lowest BCUT2D eigenvalue weighted by Gasteiger charge is -2.39. The fourth-order valence-corrected chi connectivity index (χ4v) is 3.04. The molecule has 0 radical (unpaired) electrons. The molecule has 0 aliphatic carbocycles. The Morgan fingerprint density at radius 3 is 2.25 bits per heavy atom. The van der Waals surface area contributed by atoms with Crippen LogP contribution in [0, 0.1) is 5.92 Å². The van der Waals surface area contributed by atoms with Crippen LogP contribution in [0.2, 0.25) is 0 Å². The number of hydrazine groups is 1. The van der Waals surface area contributed by atoms with Crippen molar-refractivity contribution in [3.63, 3.8) is 0 Å². The van der Waals surface area contributed by atoms with E-state index in [4.69, 9.17) is 0 Å². The third-order valence-corrected chi connectivity index (χ3v) is 4.50. The molecule has 0 aliphatic heterocycles. The lowest BCUT2D eigenvalue weighted by atomic mass is 9.76. The van der Waals surface area contributed by atoms with Crippen molar-refractivity contribution < 1.29 is 4.79 Å². The zero-order valence-electron chi connectivity index (χ0n) is 14.5. The summed E-state index contributed by atoms with van der Waals surface area (Å²) in [5.74, 6) is 0.0131. The Morgan fingerprint density at radius 2 is 1.71 bits per heavy atom. The highest BCUT2D eigenvalue weighted by Gasteiger charge is 2.36. The monoisotopic (exact) mass is 322 g/mol. The van der Waals surface area contributed by atoms with Gasteiger partial charge in [-0.05, 0) is 30.0 Å². The molecule has 24 heavy (non-hydrogen) atoms. The highest BCUT2D eigenvalue weighted by Crippen LogP contribution is 2.34. The summed E-state index contributed by atoms with van der Waals surface area (Å²) in [6.45, 7) is 8.24. The minimum absolute atomic E-state index is 0.136. The third kappa shape index (κ3) is 3.92. The van der Waals surface area contributed by atoms with E-state index in [9.17, 15) is 4.79 Å². The predicted molar refractivity (Wildman–Crippen MR) is 99.4 cm³/mol. The Balaban J connectivity index is 2.29. The topological polar surface area (TPSA) is 41.1 Å². The van der Waals surface area contributed by atoms with E-state index in [1.54, 1.807) is 12.1 Å². The number of rotatable bonds is 8. The van der Waals surface area contributed by atoms with Gasteiger partial charge in [0.25, 0.3) is 5.91 Å². The lowest BCUT2D eigenvalue weighted by molar-refractivity contribution is 0.0879. The van der Waals surface area contributed by atoms with Gasteiger partial charge in [-0.25, -0.2) is 5.43 Å². The smallest absolute Gasteiger partial charge is 0.265 e. The van der Waals surface area contributed by atoms with E-state index in [1.165, 1.54) is 0 Å². The zero-order valence-corrected chi connectivity index (χ0v) is 14.5. The van der Waals surface area contributed by atoms with Gasteiger partial charge in [-0.15, -0.1) is 6.58 Å². The van der Waals surface area contributed by atoms with E-state index in [2.05, 4.69) is 43.4 Å². The van der Waals surface area contributed by atoms with Gasteiger partial charge < -0.3 is 0 Å². The van der Waals surface area contributed by atoms with Gasteiger partial charge in [0, 0.05) is 5.56 Å². The third-order valence-electron chi connectivity index (χ3n) is 4.50. The summed E-state index contributed by atoms with van der Waals surface area (Å²) in [4.78, 5) is 12.4. The molecule has 0 aliphatic rings. The first-order valence-corrected chi connectivity index (χ1v) is 8.44. The Morgan fingerprint density at radius 1 is 1.12 bits per heavy atom. The average molecular weight is 322 g/mol. The molecule has 0 saturated carbocycles. The fraction of sp³-hybridized carbons (Fsp3) is 0.286. The maximum absolute atomic E-state index is 12.4. The molecular weight excluding hydrogens is 296 g/mol. The second-order valence-corrected chi connectivity index (χ2v) is 6.06. The first-order chi connectivity index (χ1) is 11.6. The van der Waals surface area contributed by atoms with Crippen LogP contribution >= 0.6 is 0 Å². The predicted octanol–water partition coefficient (Wildman–Crippen LogP) is 4.44. The van der Waals surface area contributed by atoms with Gasteiger partial charge in [-0.2, -0.15) is 0 Å². The van der Waals surface area contributed by atoms with Gasteiger partial charge in [0.15, 0.2) is 0 Å². The SMILES string of the molecule is C=C[C@@H](C)[C@@](CCC)(NNC(=O)c1ccccc1)c1ccccc1. The molecule has 0 saturated heterocycles. The summed E-state index contributed by atoms with van der Waals surface area (Å²) in [6, 6.07) is 19.5. The summed E-state index contributed by atoms with van der Waals surface area (Å²) in [5, 5.41) is 0. The van der Waals surface area contributed by atoms with Gasteiger partial charge in [-0.3, -0.25) is 10.2 Å². The zero-order chi connectivity index (χ0) is 17.4. The van der Waals surface area contributed by atoms with Crippen LogP contribution in [0.1, 0.15) is 42.6 Å². The summed E-state index contributed by atoms with van der Waals surface area (Å²) in [6.07, 6.45) is 3.81. The first-order valence-electron chi connectivity index (χ1n) is 8.44. The average Bonchev–Trinajstić information content (AvgIpc) is 2.65. The number of hydrogen-bond acceptors (Lipinski definition) is 2. The Bertz CT molecular complexity index is 654. The van der Waals surface area contributed by atoms with Gasteiger partial charge in [0.1, 0.15) is 0 Å². The van der Waals surface area contributed by atoms with E-state index >= 15 is 0 Å². The molecule has 0 spiro atoms. The molecule has 0 unspecified atom stereocenters. The molecule has 3 heteroatoms. The number of carbonyl (C=O) groups excluding carboxylic acids is 1. The van der Waals surface area contributed by atoms with Crippen LogP contribution in [-0.4, -0.2) is 5.91 Å². The largest absolute Gasteiger partial charge is 0.287 e. The van der Waals surface area contributed by atoms with Crippen molar-refractivity contribution in [3.8, 4) is 0 Å². The molecule has 2 rings (SSSR count). The van der Waals surface area contributed by atoms with Crippen molar-refractivity contribution in [2.24, 2.45) is 5.92 Å². The molecule has 2 aromatic rings. The van der Waals surface area contributed by atoms with Gasteiger partial charge in [0.2, 0.25) is 0 Å². The molecule has 2 N–H and O–H groups in total. The van der Waals surface area contributed by atoms with Crippen molar-refractivity contribution in [2.45, 2.75) is 32.2 Å². The van der Waals surface area contributed by atoms with Crippen LogP contribution in [0.5, 0.6) is 0 Å². The Hall–Kier alpha value is -2.39. The molecule has 0 aromatic heterocycles. The van der Waals surface area contributed by atoms with Gasteiger partial charge in [0.05, 0.1) is 5.54 Å². The molecular formula is C21H26N2O. The number of nitrogens with one attached hydrogen (secondary N) is 2. The number of hydrogen-bond donors (Lipinski definition) is 2. The maximum atomic E-state index is 12.4. The summed E-state index contributed by atoms with van der Waals surface area (Å²) >= 11 is 0. The molecule has 1 amide bonds. The van der Waals surface area contributed by atoms with E-state index in [0.717, 1.165) is 18.4 Å². The number of benzene rings is 2. The Labute approximate surface area is 144 Å². The molecule has 0 heterocycles. The standard InChI is InChI=1S/C21H26N2O/c1-4-16-21(17(3)5-2,19-14-10-7-11-15-19)23-22-20(24)18-12-8-6-9-13-18/h5-15,17,23H,2,4,16H2,1,3H3,(H,22,24)/t17-,21-/m1/s1. The van der Waals surface area contributed by atoms with Crippen LogP contribution in [0.15, 0.2) is 73.3 Å². The minimum Gasteiger partial charge on any atom is -0.287 e. The van der Waals surface area contributed by atoms with Crippen LogP contribution in [-0.2, 0) is 5.54 Å². The normalized spacial score (nSPS) is 14.4. The second-order valence-electron chi connectivity index (χ2n) is 6.06. The van der Waals surface area contributed by atoms with E-state index < -0.39 is 0 Å². The van der Waals surface area contributed by atoms with Crippen LogP contribution in [0.25, 0.3) is 0 Å². The summed E-state index contributed by atoms with van der Waals surface area (Å²) < 4.78 is 0. The Kier molecular flexibility index (Phi) is 6.33. The van der Waals surface area contributed by atoms with Crippen molar-refractivity contribution in [1.29, 1.82) is 0 Å². The minimum atomic E-state index is -0.387. The summed E-state index contributed by atoms with van der Waals surface area (Å²) in [5.41, 5.74) is 7.62. The highest BCUT2D eigenvalue weighted by atomic mass is 16.2. The lowest BCUT2D eigenvalue weighted by Crippen LogP contribution is -2.55. The molecule has 126 valence electrons. The fourth-order valence-electron chi connectivity index (χ4n) is 3.04. The number of carbonyl (C=O) groups is 1. The molecule has 2 atom stereocenters. The maximum Gasteiger partial charge on any atom is 0.265 e. The van der Waals surface area contributed by atoms with Crippen molar-refractivity contribution in [1.82, 2.24) is 10.9 Å². The second kappa shape index (κ2) is 8.46. The van der Waals surface area contributed by atoms with Gasteiger partial charge in [-0.1, -0.05) is 74.9 Å². The van der Waals surface area contributed by atoms with Crippen LogP contribution in [0.3, 0.4) is 0 Å². The molecule has 0 fully saturated rings. The van der Waals surface area contributed by atoms with E-state index in [1.807, 2.05) is 42.5 Å². The van der Waals surface area contributed by atoms with E-state index in [-0.39, 0.29) is 17.4 Å². The van der Waals surface area contributed by atoms with Crippen molar-refractivity contribution >= 4 is 5.91 Å². The van der Waals surface area contributed by atoms with Crippen LogP contribution in [0.4, 0.5) is 0 Å². The van der Waals surface area contributed by atoms with E-state index in [0.29, 0.717) is 5.56 Å². The molecule has 3 nitrogen and oxygen atoms in total. The van der Waals surface area contributed by atoms with Gasteiger partial charge >= 0.3 is 0 Å². The first kappa shape index (κ1) is 18.0. The summed E-state index contributed by atoms with van der Waals surface area (Å²) in [7, 11) is 0. The van der Waals surface area contributed by atoms with Crippen molar-refractivity contribution in [3.05, 3.63) is 84.4 Å². The number of amides is 1. The highest BCUT2D eigenvalue weighted by molar-refractivity contribution is 5.93.